The number of rotatable bonds is 7. The van der Waals surface area contributed by atoms with Crippen LogP contribution in [0, 0.1) is 0 Å². The van der Waals surface area contributed by atoms with Crippen molar-refractivity contribution in [1.29, 1.82) is 0 Å². The average Bonchev–Trinajstić information content (AvgIpc) is 3.39. The maximum atomic E-state index is 12.4. The van der Waals surface area contributed by atoms with Crippen LogP contribution < -0.4 is 10.6 Å². The number of hydrogen-bond donors (Lipinski definition) is 2. The van der Waals surface area contributed by atoms with Crippen molar-refractivity contribution in [2.45, 2.75) is 63.8 Å². The number of nitrogens with one attached hydrogen (secondary N) is 2. The maximum absolute atomic E-state index is 12.4. The van der Waals surface area contributed by atoms with Crippen LogP contribution in [0.25, 0.3) is 10.6 Å². The van der Waals surface area contributed by atoms with Crippen molar-refractivity contribution in [1.82, 2.24) is 25.7 Å². The van der Waals surface area contributed by atoms with Gasteiger partial charge in [0.15, 0.2) is 5.82 Å². The van der Waals surface area contributed by atoms with Gasteiger partial charge in [0.05, 0.1) is 0 Å². The van der Waals surface area contributed by atoms with Gasteiger partial charge in [-0.15, -0.1) is 10.2 Å². The molecule has 32 heavy (non-hydrogen) atoms. The molecular weight excluding hydrogens is 428 g/mol. The lowest BCUT2D eigenvalue weighted by atomic mass is 9.89. The molecule has 2 heterocycles. The Morgan fingerprint density at radius 1 is 1.09 bits per heavy atom. The van der Waals surface area contributed by atoms with Gasteiger partial charge in [-0.2, -0.15) is 4.98 Å². The number of amides is 2. The Morgan fingerprint density at radius 2 is 1.84 bits per heavy atom. The molecule has 1 aliphatic carbocycles. The zero-order valence-corrected chi connectivity index (χ0v) is 18.8. The SMILES string of the molecule is CC(=O)NC1(c2noc(CCC(=O)Nc3nnc(-c4ccccc4)s3)n2)CCCCCC1. The third kappa shape index (κ3) is 5.37. The Kier molecular flexibility index (Phi) is 6.89. The first-order valence-corrected chi connectivity index (χ1v) is 11.7. The second-order valence-electron chi connectivity index (χ2n) is 8.02. The molecule has 2 aromatic heterocycles. The number of nitrogens with zero attached hydrogens (tertiary/aromatic N) is 4. The van der Waals surface area contributed by atoms with Crippen molar-refractivity contribution in [2.75, 3.05) is 5.32 Å². The van der Waals surface area contributed by atoms with Gasteiger partial charge < -0.3 is 15.2 Å². The third-order valence-corrected chi connectivity index (χ3v) is 6.41. The summed E-state index contributed by atoms with van der Waals surface area (Å²) in [5.74, 6) is 0.573. The largest absolute Gasteiger partial charge is 0.343 e. The topological polar surface area (TPSA) is 123 Å². The average molecular weight is 455 g/mol. The normalized spacial score (nSPS) is 15.7. The first-order valence-electron chi connectivity index (χ1n) is 10.8. The Hall–Kier alpha value is -3.14. The lowest BCUT2D eigenvalue weighted by molar-refractivity contribution is -0.121. The highest BCUT2D eigenvalue weighted by Gasteiger charge is 2.38. The van der Waals surface area contributed by atoms with Crippen molar-refractivity contribution < 1.29 is 14.1 Å². The van der Waals surface area contributed by atoms with E-state index >= 15 is 0 Å². The predicted octanol–water partition coefficient (Wildman–Crippen LogP) is 3.85. The van der Waals surface area contributed by atoms with Crippen LogP contribution in [0.5, 0.6) is 0 Å². The zero-order valence-electron chi connectivity index (χ0n) is 18.0. The third-order valence-electron chi connectivity index (χ3n) is 5.53. The van der Waals surface area contributed by atoms with Crippen LogP contribution in [0.3, 0.4) is 0 Å². The Balaban J connectivity index is 1.36. The van der Waals surface area contributed by atoms with Crippen LogP contribution in [0.1, 0.15) is 63.6 Å². The molecular formula is C22H26N6O3S. The number of carbonyl (C=O) groups excluding carboxylic acids is 2. The molecule has 9 nitrogen and oxygen atoms in total. The summed E-state index contributed by atoms with van der Waals surface area (Å²) in [6.07, 6.45) is 6.31. The lowest BCUT2D eigenvalue weighted by Crippen LogP contribution is -2.45. The van der Waals surface area contributed by atoms with Crippen molar-refractivity contribution in [2.24, 2.45) is 0 Å². The fourth-order valence-electron chi connectivity index (χ4n) is 4.00. The summed E-state index contributed by atoms with van der Waals surface area (Å²) in [6, 6.07) is 9.68. The molecule has 1 aromatic carbocycles. The van der Waals surface area contributed by atoms with Gasteiger partial charge in [-0.05, 0) is 12.8 Å². The van der Waals surface area contributed by atoms with E-state index in [1.807, 2.05) is 30.3 Å². The number of carbonyl (C=O) groups is 2. The van der Waals surface area contributed by atoms with Crippen molar-refractivity contribution >= 4 is 28.3 Å². The van der Waals surface area contributed by atoms with Crippen LogP contribution in [-0.2, 0) is 21.5 Å². The molecule has 0 aliphatic heterocycles. The summed E-state index contributed by atoms with van der Waals surface area (Å²) in [7, 11) is 0. The molecule has 2 N–H and O–H groups in total. The lowest BCUT2D eigenvalue weighted by Gasteiger charge is -2.30. The molecule has 0 radical (unpaired) electrons. The van der Waals surface area contributed by atoms with Gasteiger partial charge in [-0.3, -0.25) is 9.59 Å². The van der Waals surface area contributed by atoms with E-state index in [2.05, 4.69) is 31.0 Å². The maximum Gasteiger partial charge on any atom is 0.227 e. The molecule has 1 fully saturated rings. The summed E-state index contributed by atoms with van der Waals surface area (Å²) in [5.41, 5.74) is 0.364. The van der Waals surface area contributed by atoms with Gasteiger partial charge >= 0.3 is 0 Å². The summed E-state index contributed by atoms with van der Waals surface area (Å²) < 4.78 is 5.41. The van der Waals surface area contributed by atoms with E-state index in [0.29, 0.717) is 23.3 Å². The minimum absolute atomic E-state index is 0.107. The minimum atomic E-state index is -0.591. The number of aryl methyl sites for hydroxylation is 1. The van der Waals surface area contributed by atoms with Crippen LogP contribution >= 0.6 is 11.3 Å². The number of aromatic nitrogens is 4. The molecule has 168 valence electrons. The van der Waals surface area contributed by atoms with Gasteiger partial charge in [-0.1, -0.05) is 72.5 Å². The van der Waals surface area contributed by atoms with Crippen LogP contribution in [0.2, 0.25) is 0 Å². The Morgan fingerprint density at radius 3 is 2.56 bits per heavy atom. The van der Waals surface area contributed by atoms with Crippen LogP contribution in [0.15, 0.2) is 34.9 Å². The highest BCUT2D eigenvalue weighted by molar-refractivity contribution is 7.18. The molecule has 3 aromatic rings. The number of benzene rings is 1. The van der Waals surface area contributed by atoms with Gasteiger partial charge in [0.2, 0.25) is 22.8 Å². The quantitative estimate of drug-likeness (QED) is 0.520. The van der Waals surface area contributed by atoms with Crippen LogP contribution in [-0.4, -0.2) is 32.2 Å². The van der Waals surface area contributed by atoms with Gasteiger partial charge in [-0.25, -0.2) is 0 Å². The molecule has 0 spiro atoms. The molecule has 1 aliphatic rings. The van der Waals surface area contributed by atoms with E-state index in [9.17, 15) is 9.59 Å². The molecule has 0 atom stereocenters. The summed E-state index contributed by atoms with van der Waals surface area (Å²) in [6.45, 7) is 1.51. The number of anilines is 1. The Bertz CT molecular complexity index is 1060. The Labute approximate surface area is 190 Å². The fraction of sp³-hybridized carbons (Fsp3) is 0.455. The minimum Gasteiger partial charge on any atom is -0.343 e. The van der Waals surface area contributed by atoms with E-state index in [1.165, 1.54) is 18.3 Å². The zero-order chi connectivity index (χ0) is 22.4. The summed E-state index contributed by atoms with van der Waals surface area (Å²) in [5, 5.41) is 19.4. The smallest absolute Gasteiger partial charge is 0.227 e. The van der Waals surface area contributed by atoms with Crippen molar-refractivity contribution in [3.8, 4) is 10.6 Å². The molecule has 0 saturated heterocycles. The van der Waals surface area contributed by atoms with Crippen molar-refractivity contribution in [3.63, 3.8) is 0 Å². The predicted molar refractivity (Wildman–Crippen MR) is 120 cm³/mol. The highest BCUT2D eigenvalue weighted by Crippen LogP contribution is 2.34. The van der Waals surface area contributed by atoms with E-state index < -0.39 is 5.54 Å². The molecule has 4 rings (SSSR count). The monoisotopic (exact) mass is 454 g/mol. The van der Waals surface area contributed by atoms with E-state index in [0.717, 1.165) is 49.1 Å². The molecule has 1 saturated carbocycles. The standard InChI is InChI=1S/C22H26N6O3S/c1-15(29)25-22(13-7-2-3-8-14-22)20-24-18(31-28-20)12-11-17(30)23-21-27-26-19(32-21)16-9-5-4-6-10-16/h4-6,9-10H,2-3,7-8,11-14H2,1H3,(H,25,29)(H,23,27,30). The van der Waals surface area contributed by atoms with Gasteiger partial charge in [0, 0.05) is 25.3 Å². The molecule has 0 unspecified atom stereocenters. The van der Waals surface area contributed by atoms with Gasteiger partial charge in [0.1, 0.15) is 10.5 Å². The first-order chi connectivity index (χ1) is 15.5. The summed E-state index contributed by atoms with van der Waals surface area (Å²) >= 11 is 1.32. The molecule has 2 amide bonds. The van der Waals surface area contributed by atoms with Gasteiger partial charge in [0.25, 0.3) is 0 Å². The second kappa shape index (κ2) is 9.99. The highest BCUT2D eigenvalue weighted by atomic mass is 32.1. The van der Waals surface area contributed by atoms with Crippen molar-refractivity contribution in [3.05, 3.63) is 42.0 Å². The first kappa shape index (κ1) is 22.1. The van der Waals surface area contributed by atoms with Crippen LogP contribution in [0.4, 0.5) is 5.13 Å². The summed E-state index contributed by atoms with van der Waals surface area (Å²) in [4.78, 5) is 28.7. The molecule has 10 heteroatoms. The molecule has 0 bridgehead atoms. The fourth-order valence-corrected chi connectivity index (χ4v) is 4.76. The number of hydrogen-bond acceptors (Lipinski definition) is 8. The van der Waals surface area contributed by atoms with E-state index in [-0.39, 0.29) is 18.2 Å². The van der Waals surface area contributed by atoms with E-state index in [1.54, 1.807) is 0 Å². The second-order valence-corrected chi connectivity index (χ2v) is 8.99. The van der Waals surface area contributed by atoms with E-state index in [4.69, 9.17) is 4.52 Å².